The van der Waals surface area contributed by atoms with Gasteiger partial charge < -0.3 is 10.1 Å². The second kappa shape index (κ2) is 8.10. The van der Waals surface area contributed by atoms with Crippen molar-refractivity contribution in [3.8, 4) is 0 Å². The Morgan fingerprint density at radius 3 is 2.52 bits per heavy atom. The number of hydrogen-bond acceptors (Lipinski definition) is 5. The largest absolute Gasteiger partial charge is 0.449 e. The molecule has 0 bridgehead atoms. The summed E-state index contributed by atoms with van der Waals surface area (Å²) < 4.78 is 5.15. The molecule has 1 aliphatic heterocycles. The monoisotopic (exact) mass is 392 g/mol. The number of amides is 3. The lowest BCUT2D eigenvalue weighted by Gasteiger charge is -2.16. The van der Waals surface area contributed by atoms with Gasteiger partial charge in [-0.3, -0.25) is 14.4 Å². The highest BCUT2D eigenvalue weighted by Crippen LogP contribution is 2.31. The topological polar surface area (TPSA) is 92.8 Å². The number of carbonyl (C=O) groups is 4. The minimum absolute atomic E-state index is 0.0832. The van der Waals surface area contributed by atoms with E-state index in [0.717, 1.165) is 10.5 Å². The third kappa shape index (κ3) is 3.80. The van der Waals surface area contributed by atoms with E-state index < -0.39 is 29.8 Å². The summed E-state index contributed by atoms with van der Waals surface area (Å²) in [5.41, 5.74) is 1.69. The molecule has 2 aromatic carbocycles. The summed E-state index contributed by atoms with van der Waals surface area (Å²) in [6.07, 6.45) is 0.493. The van der Waals surface area contributed by atoms with E-state index in [0.29, 0.717) is 5.69 Å². The summed E-state index contributed by atoms with van der Waals surface area (Å²) in [5.74, 6) is -2.18. The summed E-state index contributed by atoms with van der Waals surface area (Å²) in [6.45, 7) is 7.00. The Morgan fingerprint density at radius 1 is 1.14 bits per heavy atom. The lowest BCUT2D eigenvalue weighted by Crippen LogP contribution is -2.35. The van der Waals surface area contributed by atoms with Crippen molar-refractivity contribution in [3.63, 3.8) is 0 Å². The Labute approximate surface area is 168 Å². The predicted octanol–water partition coefficient (Wildman–Crippen LogP) is 2.64. The number of benzene rings is 2. The van der Waals surface area contributed by atoms with Crippen molar-refractivity contribution < 1.29 is 23.9 Å². The molecule has 0 radical (unpaired) electrons. The zero-order chi connectivity index (χ0) is 21.1. The van der Waals surface area contributed by atoms with Gasteiger partial charge in [-0.1, -0.05) is 24.3 Å². The normalized spacial score (nSPS) is 13.7. The molecule has 0 saturated heterocycles. The number of anilines is 1. The molecule has 1 heterocycles. The fourth-order valence-corrected chi connectivity index (χ4v) is 3.00. The van der Waals surface area contributed by atoms with E-state index in [4.69, 9.17) is 4.74 Å². The lowest BCUT2D eigenvalue weighted by molar-refractivity contribution is -0.128. The summed E-state index contributed by atoms with van der Waals surface area (Å²) >= 11 is 0. The zero-order valence-corrected chi connectivity index (χ0v) is 16.1. The number of nitrogens with zero attached hydrogens (tertiary/aromatic N) is 1. The van der Waals surface area contributed by atoms with Crippen LogP contribution >= 0.6 is 0 Å². The van der Waals surface area contributed by atoms with Crippen molar-refractivity contribution in [1.29, 1.82) is 0 Å². The number of esters is 1. The van der Waals surface area contributed by atoms with Crippen molar-refractivity contribution in [2.75, 3.05) is 11.4 Å². The molecule has 1 aliphatic rings. The molecule has 1 atom stereocenters. The van der Waals surface area contributed by atoms with Gasteiger partial charge in [0.25, 0.3) is 17.7 Å². The smallest absolute Gasteiger partial charge is 0.338 e. The highest BCUT2D eigenvalue weighted by atomic mass is 16.5. The van der Waals surface area contributed by atoms with Gasteiger partial charge in [-0.2, -0.15) is 0 Å². The van der Waals surface area contributed by atoms with Crippen LogP contribution in [-0.4, -0.2) is 36.3 Å². The van der Waals surface area contributed by atoms with Gasteiger partial charge in [-0.15, -0.1) is 6.58 Å². The van der Waals surface area contributed by atoms with Gasteiger partial charge in [-0.05, 0) is 43.7 Å². The standard InChI is InChI=1S/C22H20N2O5/c1-4-11-23-19(25)14(3)29-22(28)15-9-10-16-17(12-15)21(27)24(20(16)26)18-8-6-5-7-13(18)2/h4-10,12,14H,1,11H2,2-3H3,(H,23,25)/t14-/m1/s1. The quantitative estimate of drug-likeness (QED) is 0.463. The summed E-state index contributed by atoms with van der Waals surface area (Å²) in [4.78, 5) is 50.9. The number of hydrogen-bond donors (Lipinski definition) is 1. The molecule has 3 amide bonds. The first-order valence-electron chi connectivity index (χ1n) is 9.03. The Balaban J connectivity index is 1.83. The molecule has 0 saturated carbocycles. The predicted molar refractivity (Wildman–Crippen MR) is 107 cm³/mol. The van der Waals surface area contributed by atoms with Crippen LogP contribution in [0.5, 0.6) is 0 Å². The number of fused-ring (bicyclic) bond motifs is 1. The minimum atomic E-state index is -1.02. The van der Waals surface area contributed by atoms with E-state index in [9.17, 15) is 19.2 Å². The molecule has 3 rings (SSSR count). The Bertz CT molecular complexity index is 1030. The van der Waals surface area contributed by atoms with E-state index >= 15 is 0 Å². The number of aryl methyl sites for hydroxylation is 1. The molecule has 0 unspecified atom stereocenters. The van der Waals surface area contributed by atoms with Gasteiger partial charge in [-0.25, -0.2) is 9.69 Å². The molecule has 0 aliphatic carbocycles. The van der Waals surface area contributed by atoms with Crippen LogP contribution in [0.25, 0.3) is 0 Å². The van der Waals surface area contributed by atoms with Crippen molar-refractivity contribution in [1.82, 2.24) is 5.32 Å². The van der Waals surface area contributed by atoms with E-state index in [2.05, 4.69) is 11.9 Å². The average molecular weight is 392 g/mol. The third-order valence-electron chi connectivity index (χ3n) is 4.55. The highest BCUT2D eigenvalue weighted by molar-refractivity contribution is 6.34. The summed E-state index contributed by atoms with van der Waals surface area (Å²) in [5, 5.41) is 2.53. The number of carbonyl (C=O) groups excluding carboxylic acids is 4. The maximum Gasteiger partial charge on any atom is 0.338 e. The molecule has 7 nitrogen and oxygen atoms in total. The summed E-state index contributed by atoms with van der Waals surface area (Å²) in [7, 11) is 0. The molecular formula is C22H20N2O5. The maximum atomic E-state index is 12.9. The van der Waals surface area contributed by atoms with Gasteiger partial charge in [0.1, 0.15) is 0 Å². The van der Waals surface area contributed by atoms with Crippen LogP contribution in [0.4, 0.5) is 5.69 Å². The number of nitrogens with one attached hydrogen (secondary N) is 1. The van der Waals surface area contributed by atoms with Crippen molar-refractivity contribution in [2.24, 2.45) is 0 Å². The number of rotatable bonds is 6. The van der Waals surface area contributed by atoms with E-state index in [-0.39, 0.29) is 23.2 Å². The molecule has 2 aromatic rings. The van der Waals surface area contributed by atoms with Crippen molar-refractivity contribution in [3.05, 3.63) is 77.4 Å². The van der Waals surface area contributed by atoms with E-state index in [1.165, 1.54) is 31.2 Å². The third-order valence-corrected chi connectivity index (χ3v) is 4.55. The maximum absolute atomic E-state index is 12.9. The Kier molecular flexibility index (Phi) is 5.59. The van der Waals surface area contributed by atoms with Gasteiger partial charge in [0.05, 0.1) is 22.4 Å². The van der Waals surface area contributed by atoms with Crippen molar-refractivity contribution >= 4 is 29.4 Å². The van der Waals surface area contributed by atoms with E-state index in [1.54, 1.807) is 25.1 Å². The van der Waals surface area contributed by atoms with Crippen LogP contribution in [-0.2, 0) is 9.53 Å². The first-order chi connectivity index (χ1) is 13.8. The first kappa shape index (κ1) is 20.0. The number of para-hydroxylation sites is 1. The minimum Gasteiger partial charge on any atom is -0.449 e. The second-order valence-corrected chi connectivity index (χ2v) is 6.57. The molecule has 1 N–H and O–H groups in total. The molecule has 0 fully saturated rings. The van der Waals surface area contributed by atoms with Crippen molar-refractivity contribution in [2.45, 2.75) is 20.0 Å². The van der Waals surface area contributed by atoms with E-state index in [1.807, 2.05) is 6.07 Å². The van der Waals surface area contributed by atoms with Crippen LogP contribution in [0.3, 0.4) is 0 Å². The van der Waals surface area contributed by atoms with Gasteiger partial charge in [0.2, 0.25) is 0 Å². The van der Waals surface area contributed by atoms with Gasteiger partial charge in [0, 0.05) is 6.54 Å². The number of ether oxygens (including phenoxy) is 1. The van der Waals surface area contributed by atoms with Gasteiger partial charge in [0.15, 0.2) is 6.10 Å². The second-order valence-electron chi connectivity index (χ2n) is 6.57. The Hall–Kier alpha value is -3.74. The Morgan fingerprint density at radius 2 is 1.83 bits per heavy atom. The number of imide groups is 1. The van der Waals surface area contributed by atoms with Gasteiger partial charge >= 0.3 is 5.97 Å². The van der Waals surface area contributed by atoms with Crippen LogP contribution in [0.15, 0.2) is 55.1 Å². The fourth-order valence-electron chi connectivity index (χ4n) is 3.00. The fraction of sp³-hybridized carbons (Fsp3) is 0.182. The van der Waals surface area contributed by atoms with Crippen LogP contribution in [0.1, 0.15) is 43.6 Å². The SMILES string of the molecule is C=CCNC(=O)[C@@H](C)OC(=O)c1ccc2c(c1)C(=O)N(c1ccccc1C)C2=O. The average Bonchev–Trinajstić information content (AvgIpc) is 2.96. The highest BCUT2D eigenvalue weighted by Gasteiger charge is 2.38. The van der Waals surface area contributed by atoms with Crippen LogP contribution in [0, 0.1) is 6.92 Å². The molecular weight excluding hydrogens is 372 g/mol. The molecule has 29 heavy (non-hydrogen) atoms. The molecule has 148 valence electrons. The first-order valence-corrected chi connectivity index (χ1v) is 9.03. The molecule has 0 spiro atoms. The lowest BCUT2D eigenvalue weighted by atomic mass is 10.1. The molecule has 7 heteroatoms. The molecule has 0 aromatic heterocycles. The van der Waals surface area contributed by atoms with Crippen LogP contribution < -0.4 is 10.2 Å². The zero-order valence-electron chi connectivity index (χ0n) is 16.1. The summed E-state index contributed by atoms with van der Waals surface area (Å²) in [6, 6.07) is 11.2. The van der Waals surface area contributed by atoms with Crippen LogP contribution in [0.2, 0.25) is 0 Å².